The quantitative estimate of drug-likeness (QED) is 0.463. The summed E-state index contributed by atoms with van der Waals surface area (Å²) in [5.74, 6) is 0.855. The molecule has 2 aromatic carbocycles. The number of aromatic hydroxyl groups is 1. The lowest BCUT2D eigenvalue weighted by Crippen LogP contribution is -2.47. The van der Waals surface area contributed by atoms with E-state index >= 15 is 0 Å². The molecule has 0 aliphatic carbocycles. The lowest BCUT2D eigenvalue weighted by Gasteiger charge is -2.40. The fraction of sp³-hybridized carbons (Fsp3) is 0.273. The largest absolute Gasteiger partial charge is 0.492 e. The number of hydrogen-bond acceptors (Lipinski definition) is 6. The van der Waals surface area contributed by atoms with Crippen molar-refractivity contribution in [3.63, 3.8) is 0 Å². The fourth-order valence-corrected chi connectivity index (χ4v) is 5.50. The summed E-state index contributed by atoms with van der Waals surface area (Å²) in [7, 11) is 0. The molecular weight excluding hydrogens is 462 g/mol. The molecule has 6 nitrogen and oxygen atoms in total. The van der Waals surface area contributed by atoms with Crippen molar-refractivity contribution in [1.29, 1.82) is 0 Å². The number of benzene rings is 2. The van der Waals surface area contributed by atoms with Gasteiger partial charge in [-0.3, -0.25) is 4.90 Å². The van der Waals surface area contributed by atoms with E-state index in [9.17, 15) is 5.11 Å². The van der Waals surface area contributed by atoms with Gasteiger partial charge in [-0.05, 0) is 36.8 Å². The molecule has 2 aromatic heterocycles. The Balaban J connectivity index is 1.48. The Morgan fingerprint density at radius 2 is 1.70 bits per heavy atom. The molecule has 1 fully saturated rings. The van der Waals surface area contributed by atoms with Crippen molar-refractivity contribution in [2.75, 3.05) is 31.1 Å². The number of thiazole rings is 1. The number of fused-ring (bicyclic) bond motifs is 1. The first-order chi connectivity index (χ1) is 14.6. The summed E-state index contributed by atoms with van der Waals surface area (Å²) in [5, 5.41) is 15.3. The molecule has 0 spiro atoms. The molecule has 1 atom stereocenters. The molecule has 5 rings (SSSR count). The minimum absolute atomic E-state index is 0.0372. The Morgan fingerprint density at radius 1 is 1.00 bits per heavy atom. The normalized spacial score (nSPS) is 16.3. The van der Waals surface area contributed by atoms with Crippen LogP contribution >= 0.6 is 27.3 Å². The summed E-state index contributed by atoms with van der Waals surface area (Å²) in [6.45, 7) is 5.53. The zero-order chi connectivity index (χ0) is 20.7. The number of aromatic nitrogens is 3. The summed E-state index contributed by atoms with van der Waals surface area (Å²) in [6.07, 6.45) is 0. The highest BCUT2D eigenvalue weighted by molar-refractivity contribution is 9.10. The molecule has 1 aliphatic heterocycles. The molecule has 0 bridgehead atoms. The van der Waals surface area contributed by atoms with Crippen molar-refractivity contribution in [2.24, 2.45) is 0 Å². The molecule has 154 valence electrons. The van der Waals surface area contributed by atoms with Crippen molar-refractivity contribution in [1.82, 2.24) is 19.5 Å². The molecule has 0 unspecified atom stereocenters. The summed E-state index contributed by atoms with van der Waals surface area (Å²) >= 11 is 5.05. The minimum Gasteiger partial charge on any atom is -0.492 e. The highest BCUT2D eigenvalue weighted by Gasteiger charge is 2.31. The SMILES string of the molecule is Cc1nc2sc([C@@H](c3ccc(Br)cc3)N3CCN(c4ccccc4)CC3)c(O)n2n1. The van der Waals surface area contributed by atoms with Gasteiger partial charge in [-0.25, -0.2) is 4.98 Å². The van der Waals surface area contributed by atoms with Gasteiger partial charge in [0.1, 0.15) is 5.82 Å². The van der Waals surface area contributed by atoms with E-state index in [-0.39, 0.29) is 11.9 Å². The monoisotopic (exact) mass is 483 g/mol. The highest BCUT2D eigenvalue weighted by Crippen LogP contribution is 2.40. The van der Waals surface area contributed by atoms with E-state index < -0.39 is 0 Å². The second-order valence-electron chi connectivity index (χ2n) is 7.46. The van der Waals surface area contributed by atoms with Crippen LogP contribution in [0.25, 0.3) is 4.96 Å². The van der Waals surface area contributed by atoms with Gasteiger partial charge in [0.2, 0.25) is 10.8 Å². The van der Waals surface area contributed by atoms with Crippen LogP contribution in [0.15, 0.2) is 59.1 Å². The van der Waals surface area contributed by atoms with Crippen molar-refractivity contribution in [2.45, 2.75) is 13.0 Å². The van der Waals surface area contributed by atoms with E-state index in [0.29, 0.717) is 5.82 Å². The number of hydrogen-bond donors (Lipinski definition) is 1. The third kappa shape index (κ3) is 3.59. The van der Waals surface area contributed by atoms with Gasteiger partial charge < -0.3 is 10.0 Å². The molecule has 0 saturated carbocycles. The van der Waals surface area contributed by atoms with Crippen LogP contribution in [0.4, 0.5) is 5.69 Å². The van der Waals surface area contributed by atoms with Gasteiger partial charge in [0.15, 0.2) is 0 Å². The molecular formula is C22H22BrN5OS. The number of aryl methyl sites for hydroxylation is 1. The third-order valence-electron chi connectivity index (χ3n) is 5.54. The summed E-state index contributed by atoms with van der Waals surface area (Å²) in [5.41, 5.74) is 2.41. The Kier molecular flexibility index (Phi) is 5.22. The number of rotatable bonds is 4. The van der Waals surface area contributed by atoms with Crippen LogP contribution in [0.2, 0.25) is 0 Å². The highest BCUT2D eigenvalue weighted by atomic mass is 79.9. The maximum atomic E-state index is 11.0. The molecule has 1 saturated heterocycles. The maximum absolute atomic E-state index is 11.0. The Morgan fingerprint density at radius 3 is 2.37 bits per heavy atom. The van der Waals surface area contributed by atoms with Gasteiger partial charge in [-0.15, -0.1) is 5.10 Å². The predicted octanol–water partition coefficient (Wildman–Crippen LogP) is 4.48. The van der Waals surface area contributed by atoms with Gasteiger partial charge in [-0.2, -0.15) is 4.52 Å². The fourth-order valence-electron chi connectivity index (χ4n) is 4.08. The molecule has 3 heterocycles. The molecule has 0 amide bonds. The summed E-state index contributed by atoms with van der Waals surface area (Å²) in [6, 6.07) is 18.9. The maximum Gasteiger partial charge on any atom is 0.230 e. The molecule has 1 N–H and O–H groups in total. The van der Waals surface area contributed by atoms with Gasteiger partial charge >= 0.3 is 0 Å². The molecule has 0 radical (unpaired) electrons. The van der Waals surface area contributed by atoms with Crippen LogP contribution in [0.1, 0.15) is 22.3 Å². The number of para-hydroxylation sites is 1. The average Bonchev–Trinajstić information content (AvgIpc) is 3.28. The van der Waals surface area contributed by atoms with Crippen molar-refractivity contribution >= 4 is 37.9 Å². The van der Waals surface area contributed by atoms with E-state index in [1.165, 1.54) is 17.0 Å². The van der Waals surface area contributed by atoms with Gasteiger partial charge in [0.25, 0.3) is 0 Å². The van der Waals surface area contributed by atoms with Crippen LogP contribution in [-0.2, 0) is 0 Å². The van der Waals surface area contributed by atoms with Crippen LogP contribution in [0.3, 0.4) is 0 Å². The van der Waals surface area contributed by atoms with E-state index in [1.54, 1.807) is 4.52 Å². The Hall–Kier alpha value is -2.42. The second kappa shape index (κ2) is 8.02. The first-order valence-electron chi connectivity index (χ1n) is 9.94. The van der Waals surface area contributed by atoms with Crippen molar-refractivity contribution in [3.05, 3.63) is 75.3 Å². The third-order valence-corrected chi connectivity index (χ3v) is 7.14. The van der Waals surface area contributed by atoms with E-state index in [0.717, 1.165) is 46.1 Å². The zero-order valence-electron chi connectivity index (χ0n) is 16.6. The average molecular weight is 484 g/mol. The van der Waals surface area contributed by atoms with Crippen LogP contribution in [0.5, 0.6) is 5.88 Å². The van der Waals surface area contributed by atoms with Crippen molar-refractivity contribution in [3.8, 4) is 5.88 Å². The van der Waals surface area contributed by atoms with Crippen LogP contribution in [0, 0.1) is 6.92 Å². The van der Waals surface area contributed by atoms with Gasteiger partial charge in [-0.1, -0.05) is 57.6 Å². The lowest BCUT2D eigenvalue weighted by atomic mass is 10.0. The molecule has 8 heteroatoms. The summed E-state index contributed by atoms with van der Waals surface area (Å²) < 4.78 is 2.60. The lowest BCUT2D eigenvalue weighted by molar-refractivity contribution is 0.211. The Bertz CT molecular complexity index is 1150. The number of nitrogens with zero attached hydrogens (tertiary/aromatic N) is 5. The zero-order valence-corrected chi connectivity index (χ0v) is 19.0. The molecule has 1 aliphatic rings. The Labute approximate surface area is 187 Å². The molecule has 4 aromatic rings. The summed E-state index contributed by atoms with van der Waals surface area (Å²) in [4.78, 5) is 10.9. The molecule has 30 heavy (non-hydrogen) atoms. The number of piperazine rings is 1. The van der Waals surface area contributed by atoms with Crippen molar-refractivity contribution < 1.29 is 5.11 Å². The first kappa shape index (κ1) is 19.5. The predicted molar refractivity (Wildman–Crippen MR) is 123 cm³/mol. The van der Waals surface area contributed by atoms with Crippen LogP contribution < -0.4 is 4.90 Å². The standard InChI is InChI=1S/C22H22BrN5OS/c1-15-24-22-28(25-15)21(29)20(30-22)19(16-7-9-17(23)10-8-16)27-13-11-26(12-14-27)18-5-3-2-4-6-18/h2-10,19,29H,11-14H2,1H3/t19-/m1/s1. The topological polar surface area (TPSA) is 56.9 Å². The number of halogens is 1. The minimum atomic E-state index is -0.0372. The first-order valence-corrected chi connectivity index (χ1v) is 11.6. The van der Waals surface area contributed by atoms with E-state index in [2.05, 4.69) is 90.4 Å². The van der Waals surface area contributed by atoms with Crippen LogP contribution in [-0.4, -0.2) is 50.8 Å². The van der Waals surface area contributed by atoms with Gasteiger partial charge in [0.05, 0.1) is 10.9 Å². The number of anilines is 1. The van der Waals surface area contributed by atoms with E-state index in [1.807, 2.05) is 6.92 Å². The van der Waals surface area contributed by atoms with Gasteiger partial charge in [0, 0.05) is 36.3 Å². The second-order valence-corrected chi connectivity index (χ2v) is 9.38. The van der Waals surface area contributed by atoms with E-state index in [4.69, 9.17) is 0 Å². The smallest absolute Gasteiger partial charge is 0.230 e.